The maximum absolute atomic E-state index is 11.0. The van der Waals surface area contributed by atoms with Gasteiger partial charge in [0.2, 0.25) is 0 Å². The number of fused-ring (bicyclic) bond motifs is 1. The average molecular weight is 297 g/mol. The number of aromatic hydroxyl groups is 1. The molecule has 0 saturated heterocycles. The Balaban J connectivity index is 2.06. The maximum Gasteiger partial charge on any atom is 0.339 e. The average Bonchev–Trinajstić information content (AvgIpc) is 2.98. The van der Waals surface area contributed by atoms with Crippen LogP contribution in [0.15, 0.2) is 41.1 Å². The third kappa shape index (κ3) is 2.64. The molecule has 2 N–H and O–H groups in total. The highest BCUT2D eigenvalue weighted by Crippen LogP contribution is 2.27. The summed E-state index contributed by atoms with van der Waals surface area (Å²) in [6.45, 7) is 0. The molecular formula is C16H11NO3S. The van der Waals surface area contributed by atoms with Crippen molar-refractivity contribution in [2.75, 3.05) is 0 Å². The van der Waals surface area contributed by atoms with Gasteiger partial charge in [-0.1, -0.05) is 18.2 Å². The van der Waals surface area contributed by atoms with Gasteiger partial charge in [0.15, 0.2) is 5.75 Å². The van der Waals surface area contributed by atoms with Crippen LogP contribution >= 0.6 is 11.3 Å². The third-order valence-corrected chi connectivity index (χ3v) is 3.78. The molecule has 0 radical (unpaired) electrons. The van der Waals surface area contributed by atoms with Crippen molar-refractivity contribution < 1.29 is 15.0 Å². The first-order valence-electron chi connectivity index (χ1n) is 6.21. The molecule has 104 valence electrons. The van der Waals surface area contributed by atoms with Crippen LogP contribution in [0, 0.1) is 0 Å². The van der Waals surface area contributed by atoms with E-state index in [0.717, 1.165) is 5.56 Å². The summed E-state index contributed by atoms with van der Waals surface area (Å²) in [5, 5.41) is 23.7. The summed E-state index contributed by atoms with van der Waals surface area (Å²) in [7, 11) is 0. The molecule has 5 heteroatoms. The van der Waals surface area contributed by atoms with E-state index in [2.05, 4.69) is 4.98 Å². The van der Waals surface area contributed by atoms with Gasteiger partial charge in [-0.3, -0.25) is 0 Å². The number of benzene rings is 1. The van der Waals surface area contributed by atoms with Gasteiger partial charge in [0.05, 0.1) is 5.69 Å². The first kappa shape index (κ1) is 13.3. The van der Waals surface area contributed by atoms with Crippen molar-refractivity contribution in [1.82, 2.24) is 4.98 Å². The van der Waals surface area contributed by atoms with Crippen LogP contribution in [0.5, 0.6) is 5.75 Å². The Kier molecular flexibility index (Phi) is 3.41. The van der Waals surface area contributed by atoms with Gasteiger partial charge in [-0.2, -0.15) is 11.3 Å². The van der Waals surface area contributed by atoms with Crippen molar-refractivity contribution >= 4 is 40.4 Å². The summed E-state index contributed by atoms with van der Waals surface area (Å²) in [4.78, 5) is 15.4. The standard InChI is InChI=1S/C16H11NO3S/c18-15-13(16(19)20)6-3-11-2-5-12(17-14(11)15)4-1-10-7-8-21-9-10/h1-9,18H,(H,19,20). The van der Waals surface area contributed by atoms with Crippen LogP contribution in [0.1, 0.15) is 21.6 Å². The largest absolute Gasteiger partial charge is 0.505 e. The van der Waals surface area contributed by atoms with E-state index in [4.69, 9.17) is 5.11 Å². The summed E-state index contributed by atoms with van der Waals surface area (Å²) in [5.41, 5.74) is 1.88. The fraction of sp³-hybridized carbons (Fsp3) is 0. The summed E-state index contributed by atoms with van der Waals surface area (Å²) in [6, 6.07) is 8.63. The fourth-order valence-corrected chi connectivity index (χ4v) is 2.63. The second kappa shape index (κ2) is 5.38. The minimum Gasteiger partial charge on any atom is -0.505 e. The minimum absolute atomic E-state index is 0.144. The number of hydrogen-bond donors (Lipinski definition) is 2. The molecule has 4 nitrogen and oxygen atoms in total. The molecule has 0 aliphatic rings. The maximum atomic E-state index is 11.0. The fourth-order valence-electron chi connectivity index (χ4n) is 2.01. The quantitative estimate of drug-likeness (QED) is 0.770. The molecule has 2 aromatic heterocycles. The molecule has 0 aliphatic heterocycles. The van der Waals surface area contributed by atoms with Crippen LogP contribution in [0.4, 0.5) is 0 Å². The van der Waals surface area contributed by atoms with Gasteiger partial charge in [0, 0.05) is 5.39 Å². The lowest BCUT2D eigenvalue weighted by molar-refractivity contribution is 0.0694. The van der Waals surface area contributed by atoms with Crippen LogP contribution in [-0.2, 0) is 0 Å². The van der Waals surface area contributed by atoms with E-state index in [-0.39, 0.29) is 11.3 Å². The van der Waals surface area contributed by atoms with Gasteiger partial charge < -0.3 is 10.2 Å². The minimum atomic E-state index is -1.17. The van der Waals surface area contributed by atoms with Gasteiger partial charge in [0.25, 0.3) is 0 Å². The number of aromatic nitrogens is 1. The van der Waals surface area contributed by atoms with Crippen molar-refractivity contribution in [3.63, 3.8) is 0 Å². The van der Waals surface area contributed by atoms with Gasteiger partial charge >= 0.3 is 5.97 Å². The number of carboxylic acids is 1. The number of hydrogen-bond acceptors (Lipinski definition) is 4. The van der Waals surface area contributed by atoms with E-state index in [9.17, 15) is 9.90 Å². The Hall–Kier alpha value is -2.66. The van der Waals surface area contributed by atoms with E-state index in [0.29, 0.717) is 16.6 Å². The molecule has 0 amide bonds. The second-order valence-electron chi connectivity index (χ2n) is 4.46. The van der Waals surface area contributed by atoms with Crippen molar-refractivity contribution in [1.29, 1.82) is 0 Å². The third-order valence-electron chi connectivity index (χ3n) is 3.08. The number of nitrogens with zero attached hydrogens (tertiary/aromatic N) is 1. The zero-order chi connectivity index (χ0) is 14.8. The molecule has 0 aliphatic carbocycles. The lowest BCUT2D eigenvalue weighted by Crippen LogP contribution is -1.97. The normalized spacial score (nSPS) is 11.2. The van der Waals surface area contributed by atoms with Crippen molar-refractivity contribution in [3.8, 4) is 5.75 Å². The molecule has 0 fully saturated rings. The van der Waals surface area contributed by atoms with Gasteiger partial charge in [0.1, 0.15) is 11.1 Å². The molecule has 0 spiro atoms. The predicted molar refractivity (Wildman–Crippen MR) is 83.6 cm³/mol. The molecule has 2 heterocycles. The molecule has 0 saturated carbocycles. The summed E-state index contributed by atoms with van der Waals surface area (Å²) in [6.07, 6.45) is 3.75. The first-order chi connectivity index (χ1) is 10.1. The zero-order valence-electron chi connectivity index (χ0n) is 10.9. The Morgan fingerprint density at radius 1 is 1.14 bits per heavy atom. The van der Waals surface area contributed by atoms with Gasteiger partial charge in [-0.15, -0.1) is 0 Å². The van der Waals surface area contributed by atoms with Crippen LogP contribution in [-0.4, -0.2) is 21.2 Å². The monoisotopic (exact) mass is 297 g/mol. The Labute approximate surface area is 124 Å². The summed E-state index contributed by atoms with van der Waals surface area (Å²) < 4.78 is 0. The van der Waals surface area contributed by atoms with Crippen LogP contribution in [0.3, 0.4) is 0 Å². The SMILES string of the molecule is O=C(O)c1ccc2ccc(C=Cc3ccsc3)nc2c1O. The highest BCUT2D eigenvalue weighted by atomic mass is 32.1. The van der Waals surface area contributed by atoms with Crippen LogP contribution < -0.4 is 0 Å². The number of carbonyl (C=O) groups is 1. The van der Waals surface area contributed by atoms with Gasteiger partial charge in [-0.05, 0) is 40.6 Å². The Morgan fingerprint density at radius 3 is 2.67 bits per heavy atom. The van der Waals surface area contributed by atoms with Crippen LogP contribution in [0.2, 0.25) is 0 Å². The van der Waals surface area contributed by atoms with Crippen molar-refractivity contribution in [3.05, 3.63) is 57.9 Å². The summed E-state index contributed by atoms with van der Waals surface area (Å²) >= 11 is 1.61. The van der Waals surface area contributed by atoms with Crippen molar-refractivity contribution in [2.24, 2.45) is 0 Å². The molecule has 0 unspecified atom stereocenters. The van der Waals surface area contributed by atoms with Crippen molar-refractivity contribution in [2.45, 2.75) is 0 Å². The van der Waals surface area contributed by atoms with Crippen LogP contribution in [0.25, 0.3) is 23.1 Å². The number of thiophene rings is 1. The van der Waals surface area contributed by atoms with E-state index < -0.39 is 5.97 Å². The molecule has 21 heavy (non-hydrogen) atoms. The lowest BCUT2D eigenvalue weighted by Gasteiger charge is -2.04. The smallest absolute Gasteiger partial charge is 0.339 e. The molecule has 3 rings (SSSR count). The number of rotatable bonds is 3. The Morgan fingerprint density at radius 2 is 1.95 bits per heavy atom. The molecule has 3 aromatic rings. The second-order valence-corrected chi connectivity index (χ2v) is 5.24. The van der Waals surface area contributed by atoms with Gasteiger partial charge in [-0.25, -0.2) is 9.78 Å². The number of phenols is 1. The molecule has 0 atom stereocenters. The van der Waals surface area contributed by atoms with E-state index in [1.165, 1.54) is 6.07 Å². The van der Waals surface area contributed by atoms with E-state index in [1.54, 1.807) is 23.5 Å². The highest BCUT2D eigenvalue weighted by molar-refractivity contribution is 7.08. The molecular weight excluding hydrogens is 286 g/mol. The zero-order valence-corrected chi connectivity index (χ0v) is 11.7. The molecule has 0 bridgehead atoms. The first-order valence-corrected chi connectivity index (χ1v) is 7.16. The lowest BCUT2D eigenvalue weighted by atomic mass is 10.1. The number of aromatic carboxylic acids is 1. The number of carboxylic acid groups (broad SMARTS) is 1. The predicted octanol–water partition coefficient (Wildman–Crippen LogP) is 3.87. The summed E-state index contributed by atoms with van der Waals surface area (Å²) in [5.74, 6) is -1.47. The molecule has 1 aromatic carbocycles. The number of pyridine rings is 1. The highest BCUT2D eigenvalue weighted by Gasteiger charge is 2.13. The van der Waals surface area contributed by atoms with E-state index >= 15 is 0 Å². The Bertz CT molecular complexity index is 838. The van der Waals surface area contributed by atoms with E-state index in [1.807, 2.05) is 35.0 Å². The topological polar surface area (TPSA) is 70.4 Å².